The molecule has 2 nitrogen and oxygen atoms in total. The van der Waals surface area contributed by atoms with Gasteiger partial charge in [0, 0.05) is 17.5 Å². The van der Waals surface area contributed by atoms with Crippen molar-refractivity contribution in [1.82, 2.24) is 4.90 Å². The lowest BCUT2D eigenvalue weighted by atomic mass is 10.0. The molecule has 1 atom stereocenters. The van der Waals surface area contributed by atoms with Crippen LogP contribution in [0, 0.1) is 11.6 Å². The highest BCUT2D eigenvalue weighted by Crippen LogP contribution is 2.35. The SMILES string of the molecule is CC(c1ccc(Cl)cc1)N(C(=O)CCc1ccc(F)c(F)c1)C1CC1. The Labute approximate surface area is 151 Å². The Balaban J connectivity index is 1.68. The number of rotatable bonds is 6. The number of hydrogen-bond donors (Lipinski definition) is 0. The summed E-state index contributed by atoms with van der Waals surface area (Å²) in [7, 11) is 0. The van der Waals surface area contributed by atoms with E-state index >= 15 is 0 Å². The van der Waals surface area contributed by atoms with E-state index in [2.05, 4.69) is 0 Å². The molecule has 1 fully saturated rings. The van der Waals surface area contributed by atoms with E-state index in [1.54, 1.807) is 0 Å². The summed E-state index contributed by atoms with van der Waals surface area (Å²) in [4.78, 5) is 14.7. The molecule has 0 aromatic heterocycles. The van der Waals surface area contributed by atoms with Crippen LogP contribution in [0.25, 0.3) is 0 Å². The number of halogens is 3. The standard InChI is InChI=1S/C20H20ClF2NO/c1-13(15-4-6-16(21)7-5-15)24(17-8-9-17)20(25)11-3-14-2-10-18(22)19(23)12-14/h2,4-7,10,12-13,17H,3,8-9,11H2,1H3. The first-order valence-electron chi connectivity index (χ1n) is 8.46. The molecule has 1 saturated carbocycles. The Morgan fingerprint density at radius 3 is 2.44 bits per heavy atom. The lowest BCUT2D eigenvalue weighted by Crippen LogP contribution is -2.35. The molecule has 25 heavy (non-hydrogen) atoms. The molecule has 0 saturated heterocycles. The molecule has 5 heteroatoms. The third-order valence-electron chi connectivity index (χ3n) is 4.61. The molecular formula is C20H20ClF2NO. The van der Waals surface area contributed by atoms with Crippen LogP contribution in [0.15, 0.2) is 42.5 Å². The molecule has 0 N–H and O–H groups in total. The summed E-state index contributed by atoms with van der Waals surface area (Å²) in [5.41, 5.74) is 1.67. The quantitative estimate of drug-likeness (QED) is 0.681. The molecule has 1 aliphatic carbocycles. The number of benzene rings is 2. The number of hydrogen-bond acceptors (Lipinski definition) is 1. The van der Waals surface area contributed by atoms with Crippen LogP contribution in [0.5, 0.6) is 0 Å². The van der Waals surface area contributed by atoms with Gasteiger partial charge in [-0.3, -0.25) is 4.79 Å². The van der Waals surface area contributed by atoms with E-state index in [0.717, 1.165) is 30.5 Å². The van der Waals surface area contributed by atoms with Gasteiger partial charge in [-0.2, -0.15) is 0 Å². The fourth-order valence-electron chi connectivity index (χ4n) is 3.07. The zero-order valence-electron chi connectivity index (χ0n) is 14.0. The van der Waals surface area contributed by atoms with Gasteiger partial charge in [0.25, 0.3) is 0 Å². The second-order valence-electron chi connectivity index (χ2n) is 6.51. The van der Waals surface area contributed by atoms with E-state index in [0.29, 0.717) is 17.0 Å². The molecule has 0 spiro atoms. The van der Waals surface area contributed by atoms with Crippen molar-refractivity contribution in [3.05, 3.63) is 70.2 Å². The monoisotopic (exact) mass is 363 g/mol. The van der Waals surface area contributed by atoms with Crippen molar-refractivity contribution >= 4 is 17.5 Å². The van der Waals surface area contributed by atoms with Gasteiger partial charge >= 0.3 is 0 Å². The highest BCUT2D eigenvalue weighted by Gasteiger charge is 2.35. The number of aryl methyl sites for hydroxylation is 1. The third kappa shape index (κ3) is 4.37. The minimum atomic E-state index is -0.876. The molecule has 132 valence electrons. The molecule has 1 amide bonds. The maximum atomic E-state index is 13.3. The van der Waals surface area contributed by atoms with Gasteiger partial charge in [0.05, 0.1) is 6.04 Å². The summed E-state index contributed by atoms with van der Waals surface area (Å²) >= 11 is 5.94. The second-order valence-corrected chi connectivity index (χ2v) is 6.94. The van der Waals surface area contributed by atoms with Crippen molar-refractivity contribution in [2.75, 3.05) is 0 Å². The van der Waals surface area contributed by atoms with E-state index in [1.165, 1.54) is 6.07 Å². The lowest BCUT2D eigenvalue weighted by molar-refractivity contribution is -0.134. The Kier molecular flexibility index (Phi) is 5.38. The number of carbonyl (C=O) groups is 1. The van der Waals surface area contributed by atoms with Crippen molar-refractivity contribution in [3.63, 3.8) is 0 Å². The number of nitrogens with zero attached hydrogens (tertiary/aromatic N) is 1. The van der Waals surface area contributed by atoms with Gasteiger partial charge < -0.3 is 4.90 Å². The smallest absolute Gasteiger partial charge is 0.223 e. The van der Waals surface area contributed by atoms with Crippen LogP contribution in [-0.4, -0.2) is 16.8 Å². The first-order valence-corrected chi connectivity index (χ1v) is 8.84. The van der Waals surface area contributed by atoms with E-state index < -0.39 is 11.6 Å². The zero-order chi connectivity index (χ0) is 18.0. The molecule has 0 aliphatic heterocycles. The van der Waals surface area contributed by atoms with Crippen LogP contribution >= 0.6 is 11.6 Å². The van der Waals surface area contributed by atoms with Crippen molar-refractivity contribution in [2.24, 2.45) is 0 Å². The molecule has 0 heterocycles. The van der Waals surface area contributed by atoms with E-state index in [1.807, 2.05) is 36.1 Å². The Morgan fingerprint density at radius 2 is 1.84 bits per heavy atom. The summed E-state index contributed by atoms with van der Waals surface area (Å²) in [6, 6.07) is 11.5. The molecule has 1 unspecified atom stereocenters. The van der Waals surface area contributed by atoms with Crippen LogP contribution in [0.1, 0.15) is 43.4 Å². The highest BCUT2D eigenvalue weighted by atomic mass is 35.5. The molecule has 2 aromatic carbocycles. The minimum Gasteiger partial charge on any atom is -0.333 e. The van der Waals surface area contributed by atoms with Crippen LogP contribution in [-0.2, 0) is 11.2 Å². The first-order chi connectivity index (χ1) is 12.0. The molecular weight excluding hydrogens is 344 g/mol. The fourth-order valence-corrected chi connectivity index (χ4v) is 3.19. The molecule has 0 bridgehead atoms. The first kappa shape index (κ1) is 17.9. The van der Waals surface area contributed by atoms with Crippen molar-refractivity contribution < 1.29 is 13.6 Å². The second kappa shape index (κ2) is 7.52. The van der Waals surface area contributed by atoms with Crippen molar-refractivity contribution in [3.8, 4) is 0 Å². The van der Waals surface area contributed by atoms with Crippen molar-refractivity contribution in [1.29, 1.82) is 0 Å². The van der Waals surface area contributed by atoms with Gasteiger partial charge in [-0.25, -0.2) is 8.78 Å². The van der Waals surface area contributed by atoms with Crippen LogP contribution < -0.4 is 0 Å². The zero-order valence-corrected chi connectivity index (χ0v) is 14.8. The normalized spacial score (nSPS) is 15.0. The van der Waals surface area contributed by atoms with Gasteiger partial charge in [-0.1, -0.05) is 29.8 Å². The van der Waals surface area contributed by atoms with E-state index in [-0.39, 0.29) is 24.4 Å². The van der Waals surface area contributed by atoms with Crippen LogP contribution in [0.4, 0.5) is 8.78 Å². The summed E-state index contributed by atoms with van der Waals surface area (Å²) in [5.74, 6) is -1.71. The number of carbonyl (C=O) groups excluding carboxylic acids is 1. The molecule has 0 radical (unpaired) electrons. The highest BCUT2D eigenvalue weighted by molar-refractivity contribution is 6.30. The largest absolute Gasteiger partial charge is 0.333 e. The van der Waals surface area contributed by atoms with Gasteiger partial charge in [0.1, 0.15) is 0 Å². The topological polar surface area (TPSA) is 20.3 Å². The third-order valence-corrected chi connectivity index (χ3v) is 4.86. The fraction of sp³-hybridized carbons (Fsp3) is 0.350. The maximum absolute atomic E-state index is 13.3. The Bertz CT molecular complexity index is 759. The maximum Gasteiger partial charge on any atom is 0.223 e. The van der Waals surface area contributed by atoms with Gasteiger partial charge in [0.2, 0.25) is 5.91 Å². The Hall–Kier alpha value is -1.94. The number of amides is 1. The average molecular weight is 364 g/mol. The lowest BCUT2D eigenvalue weighted by Gasteiger charge is -2.30. The minimum absolute atomic E-state index is 0.0367. The van der Waals surface area contributed by atoms with Gasteiger partial charge in [0.15, 0.2) is 11.6 Å². The van der Waals surface area contributed by atoms with Crippen molar-refractivity contribution in [2.45, 2.75) is 44.7 Å². The summed E-state index contributed by atoms with van der Waals surface area (Å²) < 4.78 is 26.3. The predicted molar refractivity (Wildman–Crippen MR) is 94.4 cm³/mol. The molecule has 2 aromatic rings. The predicted octanol–water partition coefficient (Wildman–Crippen LogP) is 5.30. The van der Waals surface area contributed by atoms with E-state index in [4.69, 9.17) is 11.6 Å². The van der Waals surface area contributed by atoms with Gasteiger partial charge in [-0.15, -0.1) is 0 Å². The van der Waals surface area contributed by atoms with Crippen LogP contribution in [0.3, 0.4) is 0 Å². The molecule has 3 rings (SSSR count). The summed E-state index contributed by atoms with van der Waals surface area (Å²) in [5, 5.41) is 0.665. The molecule has 1 aliphatic rings. The van der Waals surface area contributed by atoms with E-state index in [9.17, 15) is 13.6 Å². The van der Waals surface area contributed by atoms with Gasteiger partial charge in [-0.05, 0) is 61.6 Å². The van der Waals surface area contributed by atoms with Crippen LogP contribution in [0.2, 0.25) is 5.02 Å². The summed E-state index contributed by atoms with van der Waals surface area (Å²) in [6.07, 6.45) is 2.69. The summed E-state index contributed by atoms with van der Waals surface area (Å²) in [6.45, 7) is 2.01. The average Bonchev–Trinajstić information content (AvgIpc) is 3.41. The Morgan fingerprint density at radius 1 is 1.16 bits per heavy atom.